The van der Waals surface area contributed by atoms with Crippen molar-refractivity contribution >= 4 is 49.8 Å². The topological polar surface area (TPSA) is 61.5 Å². The van der Waals surface area contributed by atoms with Crippen molar-refractivity contribution in [2.45, 2.75) is 38.9 Å². The second kappa shape index (κ2) is 5.30. The number of benzene rings is 2. The number of nitrogens with two attached hydrogens (primary N) is 1. The predicted octanol–water partition coefficient (Wildman–Crippen LogP) is 3.30. The summed E-state index contributed by atoms with van der Waals surface area (Å²) < 4.78 is 14.1. The van der Waals surface area contributed by atoms with Crippen LogP contribution in [0.5, 0.6) is 0 Å². The largest absolute Gasteiger partial charge is 0.494 e. The summed E-state index contributed by atoms with van der Waals surface area (Å²) in [5.74, 6) is 0. The van der Waals surface area contributed by atoms with Crippen LogP contribution in [0.15, 0.2) is 41.2 Å². The summed E-state index contributed by atoms with van der Waals surface area (Å²) in [6.07, 6.45) is 0. The SMILES string of the molecule is CC1(C)OB(c2ccc3sc4ccc(N)cc4c(=O)c3c2)OC1(C)C. The molecule has 2 N–H and O–H groups in total. The summed E-state index contributed by atoms with van der Waals surface area (Å²) in [7, 11) is -0.477. The third-order valence-corrected chi connectivity index (χ3v) is 6.39. The first-order valence-corrected chi connectivity index (χ1v) is 9.11. The van der Waals surface area contributed by atoms with E-state index in [2.05, 4.69) is 0 Å². The first-order valence-electron chi connectivity index (χ1n) is 8.30. The molecule has 128 valence electrons. The molecule has 0 amide bonds. The zero-order valence-electron chi connectivity index (χ0n) is 14.8. The summed E-state index contributed by atoms with van der Waals surface area (Å²) in [6, 6.07) is 11.3. The molecule has 0 radical (unpaired) electrons. The fraction of sp³-hybridized carbons (Fsp3) is 0.316. The van der Waals surface area contributed by atoms with Crippen LogP contribution in [0.25, 0.3) is 20.2 Å². The molecule has 6 heteroatoms. The Hall–Kier alpha value is -1.89. The monoisotopic (exact) mass is 353 g/mol. The molecule has 1 aromatic heterocycles. The first-order chi connectivity index (χ1) is 11.7. The van der Waals surface area contributed by atoms with Crippen molar-refractivity contribution in [2.75, 3.05) is 5.73 Å². The molecule has 1 aliphatic rings. The molecule has 1 saturated heterocycles. The van der Waals surface area contributed by atoms with E-state index in [1.165, 1.54) is 0 Å². The van der Waals surface area contributed by atoms with E-state index in [-0.39, 0.29) is 5.43 Å². The normalized spacial score (nSPS) is 19.0. The summed E-state index contributed by atoms with van der Waals surface area (Å²) in [5, 5.41) is 1.33. The standard InChI is InChI=1S/C19H20BNO3S/c1-18(2)19(3,4)24-20(23-18)11-5-7-15-13(9-11)17(22)14-10-12(21)6-8-16(14)25-15/h5-10H,21H2,1-4H3. The van der Waals surface area contributed by atoms with E-state index < -0.39 is 18.3 Å². The molecule has 0 aliphatic carbocycles. The molecule has 0 unspecified atom stereocenters. The number of anilines is 1. The van der Waals surface area contributed by atoms with Gasteiger partial charge < -0.3 is 15.0 Å². The van der Waals surface area contributed by atoms with Gasteiger partial charge in [-0.05, 0) is 63.5 Å². The van der Waals surface area contributed by atoms with E-state index in [0.29, 0.717) is 16.5 Å². The highest BCUT2D eigenvalue weighted by atomic mass is 32.1. The lowest BCUT2D eigenvalue weighted by molar-refractivity contribution is 0.00578. The third kappa shape index (κ3) is 2.56. The number of fused-ring (bicyclic) bond motifs is 2. The Kier molecular flexibility index (Phi) is 3.52. The van der Waals surface area contributed by atoms with Gasteiger partial charge >= 0.3 is 7.12 Å². The van der Waals surface area contributed by atoms with Gasteiger partial charge in [-0.15, -0.1) is 11.3 Å². The van der Waals surface area contributed by atoms with Gasteiger partial charge in [0.1, 0.15) is 0 Å². The molecule has 1 aliphatic heterocycles. The minimum absolute atomic E-state index is 0.00517. The first kappa shape index (κ1) is 16.6. The molecular formula is C19H20BNO3S. The summed E-state index contributed by atoms with van der Waals surface area (Å²) in [6.45, 7) is 8.08. The Morgan fingerprint density at radius 1 is 0.920 bits per heavy atom. The smallest absolute Gasteiger partial charge is 0.399 e. The lowest BCUT2D eigenvalue weighted by Gasteiger charge is -2.32. The van der Waals surface area contributed by atoms with Gasteiger partial charge in [-0.1, -0.05) is 6.07 Å². The maximum Gasteiger partial charge on any atom is 0.494 e. The molecule has 2 aromatic carbocycles. The van der Waals surface area contributed by atoms with E-state index in [9.17, 15) is 4.79 Å². The average molecular weight is 353 g/mol. The zero-order chi connectivity index (χ0) is 18.0. The maximum atomic E-state index is 12.9. The fourth-order valence-electron chi connectivity index (χ4n) is 3.02. The van der Waals surface area contributed by atoms with Crippen molar-refractivity contribution in [3.8, 4) is 0 Å². The molecule has 0 atom stereocenters. The van der Waals surface area contributed by atoms with Crippen LogP contribution in [-0.4, -0.2) is 18.3 Å². The second-order valence-electron chi connectivity index (χ2n) is 7.53. The highest BCUT2D eigenvalue weighted by Gasteiger charge is 2.51. The van der Waals surface area contributed by atoms with Crippen molar-refractivity contribution in [1.29, 1.82) is 0 Å². The molecule has 2 heterocycles. The van der Waals surface area contributed by atoms with Crippen LogP contribution in [0.2, 0.25) is 0 Å². The van der Waals surface area contributed by atoms with Gasteiger partial charge in [-0.3, -0.25) is 4.79 Å². The molecule has 0 bridgehead atoms. The summed E-state index contributed by atoms with van der Waals surface area (Å²) >= 11 is 1.59. The van der Waals surface area contributed by atoms with Gasteiger partial charge in [0.25, 0.3) is 0 Å². The Morgan fingerprint density at radius 3 is 2.12 bits per heavy atom. The van der Waals surface area contributed by atoms with E-state index in [1.54, 1.807) is 17.4 Å². The molecule has 1 fully saturated rings. The van der Waals surface area contributed by atoms with Crippen LogP contribution in [-0.2, 0) is 9.31 Å². The van der Waals surface area contributed by atoms with Crippen molar-refractivity contribution in [1.82, 2.24) is 0 Å². The van der Waals surface area contributed by atoms with Crippen LogP contribution in [0, 0.1) is 0 Å². The lowest BCUT2D eigenvalue weighted by atomic mass is 9.78. The zero-order valence-corrected chi connectivity index (χ0v) is 15.6. The molecule has 25 heavy (non-hydrogen) atoms. The summed E-state index contributed by atoms with van der Waals surface area (Å²) in [4.78, 5) is 12.9. The van der Waals surface area contributed by atoms with Gasteiger partial charge in [-0.2, -0.15) is 0 Å². The Morgan fingerprint density at radius 2 is 1.48 bits per heavy atom. The van der Waals surface area contributed by atoms with Crippen molar-refractivity contribution < 1.29 is 9.31 Å². The molecule has 4 rings (SSSR count). The van der Waals surface area contributed by atoms with Crippen molar-refractivity contribution in [2.24, 2.45) is 0 Å². The van der Waals surface area contributed by atoms with E-state index >= 15 is 0 Å². The van der Waals surface area contributed by atoms with E-state index in [0.717, 1.165) is 14.9 Å². The van der Waals surface area contributed by atoms with Crippen LogP contribution in [0.3, 0.4) is 0 Å². The average Bonchev–Trinajstić information content (AvgIpc) is 2.76. The van der Waals surface area contributed by atoms with Crippen molar-refractivity contribution in [3.05, 3.63) is 46.6 Å². The van der Waals surface area contributed by atoms with Gasteiger partial charge in [0.05, 0.1) is 11.2 Å². The second-order valence-corrected chi connectivity index (χ2v) is 8.61. The van der Waals surface area contributed by atoms with E-state index in [4.69, 9.17) is 15.0 Å². The molecule has 0 spiro atoms. The maximum absolute atomic E-state index is 12.9. The molecule has 3 aromatic rings. The van der Waals surface area contributed by atoms with Crippen LogP contribution in [0.1, 0.15) is 27.7 Å². The quantitative estimate of drug-likeness (QED) is 0.414. The van der Waals surface area contributed by atoms with Gasteiger partial charge in [0.15, 0.2) is 5.43 Å². The number of rotatable bonds is 1. The fourth-order valence-corrected chi connectivity index (χ4v) is 4.05. The van der Waals surface area contributed by atoms with Gasteiger partial charge in [0, 0.05) is 25.9 Å². The predicted molar refractivity (Wildman–Crippen MR) is 106 cm³/mol. The van der Waals surface area contributed by atoms with Crippen LogP contribution in [0.4, 0.5) is 5.69 Å². The Labute approximate surface area is 150 Å². The number of hydrogen-bond acceptors (Lipinski definition) is 5. The minimum Gasteiger partial charge on any atom is -0.399 e. The van der Waals surface area contributed by atoms with Gasteiger partial charge in [0.2, 0.25) is 0 Å². The molecule has 4 nitrogen and oxygen atoms in total. The van der Waals surface area contributed by atoms with Crippen LogP contribution < -0.4 is 16.6 Å². The van der Waals surface area contributed by atoms with E-state index in [1.807, 2.05) is 58.0 Å². The van der Waals surface area contributed by atoms with Crippen molar-refractivity contribution in [3.63, 3.8) is 0 Å². The lowest BCUT2D eigenvalue weighted by Crippen LogP contribution is -2.41. The summed E-state index contributed by atoms with van der Waals surface area (Å²) in [5.41, 5.74) is 6.48. The third-order valence-electron chi connectivity index (χ3n) is 5.24. The molecule has 0 saturated carbocycles. The number of hydrogen-bond donors (Lipinski definition) is 1. The van der Waals surface area contributed by atoms with Crippen LogP contribution >= 0.6 is 11.3 Å². The highest BCUT2D eigenvalue weighted by Crippen LogP contribution is 2.36. The number of nitrogen functional groups attached to an aromatic ring is 1. The minimum atomic E-state index is -0.477. The Balaban J connectivity index is 1.87. The Bertz CT molecular complexity index is 1040. The highest BCUT2D eigenvalue weighted by molar-refractivity contribution is 7.24. The molecular weight excluding hydrogens is 333 g/mol. The van der Waals surface area contributed by atoms with Gasteiger partial charge in [-0.25, -0.2) is 0 Å².